The van der Waals surface area contributed by atoms with Gasteiger partial charge in [0.05, 0.1) is 32.5 Å². The van der Waals surface area contributed by atoms with Crippen LogP contribution < -0.4 is 4.90 Å². The second-order valence-corrected chi connectivity index (χ2v) is 3.75. The zero-order valence-corrected chi connectivity index (χ0v) is 9.04. The van der Waals surface area contributed by atoms with Gasteiger partial charge in [-0.15, -0.1) is 0 Å². The lowest BCUT2D eigenvalue weighted by Crippen LogP contribution is -2.48. The average Bonchev–Trinajstić information content (AvgIpc) is 2.38. The van der Waals surface area contributed by atoms with Crippen molar-refractivity contribution in [2.75, 3.05) is 31.3 Å². The smallest absolute Gasteiger partial charge is 0.134 e. The molecule has 2 heterocycles. The predicted molar refractivity (Wildman–Crippen MR) is 59.2 cm³/mol. The number of hydrogen-bond acceptors (Lipinski definition) is 5. The maximum absolute atomic E-state index is 9.27. The minimum absolute atomic E-state index is 0.0292. The van der Waals surface area contributed by atoms with Crippen molar-refractivity contribution < 1.29 is 14.9 Å². The van der Waals surface area contributed by atoms with Gasteiger partial charge in [-0.2, -0.15) is 0 Å². The third kappa shape index (κ3) is 2.16. The summed E-state index contributed by atoms with van der Waals surface area (Å²) < 4.78 is 5.31. The number of aliphatic hydroxyl groups excluding tert-OH is 2. The van der Waals surface area contributed by atoms with Crippen LogP contribution in [0.4, 0.5) is 5.82 Å². The predicted octanol–water partition coefficient (Wildman–Crippen LogP) is -0.229. The van der Waals surface area contributed by atoms with Gasteiger partial charge < -0.3 is 19.8 Å². The summed E-state index contributed by atoms with van der Waals surface area (Å²) in [6, 6.07) is 3.56. The molecule has 0 saturated carbocycles. The lowest BCUT2D eigenvalue weighted by atomic mass is 10.2. The summed E-state index contributed by atoms with van der Waals surface area (Å²) in [6.07, 6.45) is 1.69. The molecule has 2 rings (SSSR count). The van der Waals surface area contributed by atoms with Gasteiger partial charge in [-0.3, -0.25) is 0 Å². The van der Waals surface area contributed by atoms with Crippen LogP contribution in [0.15, 0.2) is 18.3 Å². The molecule has 2 N–H and O–H groups in total. The van der Waals surface area contributed by atoms with Crippen molar-refractivity contribution in [2.45, 2.75) is 12.6 Å². The first-order valence-corrected chi connectivity index (χ1v) is 5.37. The number of hydrogen-bond donors (Lipinski definition) is 2. The quantitative estimate of drug-likeness (QED) is 0.742. The SMILES string of the molecule is OCc1cccnc1N1CCOCC1CO. The van der Waals surface area contributed by atoms with Gasteiger partial charge in [0.25, 0.3) is 0 Å². The molecule has 88 valence electrons. The molecular formula is C11H16N2O3. The molecule has 0 amide bonds. The van der Waals surface area contributed by atoms with Gasteiger partial charge in [0.2, 0.25) is 0 Å². The van der Waals surface area contributed by atoms with Crippen LogP contribution in [0.2, 0.25) is 0 Å². The fourth-order valence-corrected chi connectivity index (χ4v) is 1.90. The molecule has 1 aliphatic heterocycles. The molecule has 0 aromatic carbocycles. The third-order valence-electron chi connectivity index (χ3n) is 2.75. The van der Waals surface area contributed by atoms with Crippen LogP contribution in [0.3, 0.4) is 0 Å². The fourth-order valence-electron chi connectivity index (χ4n) is 1.90. The van der Waals surface area contributed by atoms with Crippen molar-refractivity contribution >= 4 is 5.82 Å². The molecule has 5 nitrogen and oxygen atoms in total. The highest BCUT2D eigenvalue weighted by Crippen LogP contribution is 2.21. The minimum atomic E-state index is -0.0750. The Kier molecular flexibility index (Phi) is 3.71. The highest BCUT2D eigenvalue weighted by atomic mass is 16.5. The maximum atomic E-state index is 9.27. The first-order valence-electron chi connectivity index (χ1n) is 5.37. The number of anilines is 1. The van der Waals surface area contributed by atoms with E-state index in [1.807, 2.05) is 11.0 Å². The number of nitrogens with zero attached hydrogens (tertiary/aromatic N) is 2. The monoisotopic (exact) mass is 224 g/mol. The van der Waals surface area contributed by atoms with Crippen molar-refractivity contribution in [3.8, 4) is 0 Å². The van der Waals surface area contributed by atoms with E-state index in [1.54, 1.807) is 12.3 Å². The number of ether oxygens (including phenoxy) is 1. The van der Waals surface area contributed by atoms with E-state index in [1.165, 1.54) is 0 Å². The Labute approximate surface area is 94.3 Å². The van der Waals surface area contributed by atoms with E-state index in [9.17, 15) is 10.2 Å². The van der Waals surface area contributed by atoms with E-state index < -0.39 is 0 Å². The van der Waals surface area contributed by atoms with Crippen LogP contribution in [0.5, 0.6) is 0 Å². The average molecular weight is 224 g/mol. The largest absolute Gasteiger partial charge is 0.394 e. The molecule has 0 spiro atoms. The van der Waals surface area contributed by atoms with E-state index in [2.05, 4.69) is 4.98 Å². The lowest BCUT2D eigenvalue weighted by molar-refractivity contribution is 0.0720. The summed E-state index contributed by atoms with van der Waals surface area (Å²) in [5.41, 5.74) is 0.780. The van der Waals surface area contributed by atoms with E-state index in [4.69, 9.17) is 4.74 Å². The van der Waals surface area contributed by atoms with Crippen LogP contribution in [-0.2, 0) is 11.3 Å². The summed E-state index contributed by atoms with van der Waals surface area (Å²) in [6.45, 7) is 1.80. The zero-order chi connectivity index (χ0) is 11.4. The Hall–Kier alpha value is -1.17. The number of rotatable bonds is 3. The Balaban J connectivity index is 2.26. The molecule has 16 heavy (non-hydrogen) atoms. The summed E-state index contributed by atoms with van der Waals surface area (Å²) in [4.78, 5) is 6.27. The van der Waals surface area contributed by atoms with Crippen LogP contribution in [0.25, 0.3) is 0 Å². The van der Waals surface area contributed by atoms with Crippen LogP contribution in [0.1, 0.15) is 5.56 Å². The van der Waals surface area contributed by atoms with Crippen molar-refractivity contribution in [1.29, 1.82) is 0 Å². The van der Waals surface area contributed by atoms with Gasteiger partial charge in [0, 0.05) is 18.3 Å². The number of morpholine rings is 1. The molecule has 1 aromatic rings. The first kappa shape index (κ1) is 11.3. The summed E-state index contributed by atoms with van der Waals surface area (Å²) in [5, 5.41) is 18.5. The van der Waals surface area contributed by atoms with Crippen LogP contribution in [0, 0.1) is 0 Å². The van der Waals surface area contributed by atoms with Crippen molar-refractivity contribution in [3.05, 3.63) is 23.9 Å². The summed E-state index contributed by atoms with van der Waals surface area (Å²) in [7, 11) is 0. The molecule has 0 aliphatic carbocycles. The van der Waals surface area contributed by atoms with E-state index in [0.29, 0.717) is 19.8 Å². The standard InChI is InChI=1S/C11H16N2O3/c14-6-9-2-1-3-12-11(9)13-4-5-16-8-10(13)7-15/h1-3,10,14-15H,4-8H2. The topological polar surface area (TPSA) is 65.8 Å². The molecule has 1 aromatic heterocycles. The molecular weight excluding hydrogens is 208 g/mol. The summed E-state index contributed by atoms with van der Waals surface area (Å²) in [5.74, 6) is 0.743. The lowest BCUT2D eigenvalue weighted by Gasteiger charge is -2.36. The molecule has 1 atom stereocenters. The van der Waals surface area contributed by atoms with E-state index in [0.717, 1.165) is 11.4 Å². The molecule has 0 radical (unpaired) electrons. The van der Waals surface area contributed by atoms with Gasteiger partial charge in [-0.05, 0) is 6.07 Å². The van der Waals surface area contributed by atoms with Gasteiger partial charge in [0.15, 0.2) is 0 Å². The fraction of sp³-hybridized carbons (Fsp3) is 0.545. The second-order valence-electron chi connectivity index (χ2n) is 3.75. The minimum Gasteiger partial charge on any atom is -0.394 e. The Morgan fingerprint density at radius 1 is 1.50 bits per heavy atom. The normalized spacial score (nSPS) is 21.1. The second kappa shape index (κ2) is 5.25. The maximum Gasteiger partial charge on any atom is 0.134 e. The van der Waals surface area contributed by atoms with Gasteiger partial charge in [0.1, 0.15) is 5.82 Å². The number of aliphatic hydroxyl groups is 2. The highest BCUT2D eigenvalue weighted by molar-refractivity contribution is 5.47. The Morgan fingerprint density at radius 2 is 2.38 bits per heavy atom. The van der Waals surface area contributed by atoms with Gasteiger partial charge >= 0.3 is 0 Å². The molecule has 0 bridgehead atoms. The van der Waals surface area contributed by atoms with Crippen molar-refractivity contribution in [3.63, 3.8) is 0 Å². The molecule has 1 aliphatic rings. The van der Waals surface area contributed by atoms with E-state index in [-0.39, 0.29) is 19.3 Å². The van der Waals surface area contributed by atoms with Crippen molar-refractivity contribution in [2.24, 2.45) is 0 Å². The number of pyridine rings is 1. The van der Waals surface area contributed by atoms with Crippen LogP contribution >= 0.6 is 0 Å². The molecule has 1 saturated heterocycles. The Bertz CT molecular complexity index is 346. The first-order chi connectivity index (χ1) is 7.86. The van der Waals surface area contributed by atoms with Gasteiger partial charge in [-0.25, -0.2) is 4.98 Å². The van der Waals surface area contributed by atoms with Crippen LogP contribution in [-0.4, -0.2) is 47.6 Å². The molecule has 1 fully saturated rings. The van der Waals surface area contributed by atoms with Crippen molar-refractivity contribution in [1.82, 2.24) is 4.98 Å². The van der Waals surface area contributed by atoms with E-state index >= 15 is 0 Å². The molecule has 5 heteroatoms. The summed E-state index contributed by atoms with van der Waals surface area (Å²) >= 11 is 0. The zero-order valence-electron chi connectivity index (χ0n) is 9.04. The number of aromatic nitrogens is 1. The highest BCUT2D eigenvalue weighted by Gasteiger charge is 2.24. The third-order valence-corrected chi connectivity index (χ3v) is 2.75. The van der Waals surface area contributed by atoms with Gasteiger partial charge in [-0.1, -0.05) is 6.07 Å². The Morgan fingerprint density at radius 3 is 3.12 bits per heavy atom. The molecule has 1 unspecified atom stereocenters.